The van der Waals surface area contributed by atoms with Gasteiger partial charge in [0.1, 0.15) is 0 Å². The first-order valence-corrected chi connectivity index (χ1v) is 6.73. The van der Waals surface area contributed by atoms with E-state index in [0.717, 1.165) is 32.5 Å². The lowest BCUT2D eigenvalue weighted by atomic mass is 10.1. The first-order chi connectivity index (χ1) is 8.66. The molecule has 1 aromatic carbocycles. The van der Waals surface area contributed by atoms with Crippen LogP contribution in [0.4, 0.5) is 0 Å². The van der Waals surface area contributed by atoms with Crippen molar-refractivity contribution in [2.45, 2.75) is 25.4 Å². The number of nitrogens with zero attached hydrogens (tertiary/aromatic N) is 1. The highest BCUT2D eigenvalue weighted by Crippen LogP contribution is 2.17. The standard InChI is InChI=1S/C14H18ClNO2/c15-13-4-2-1-3-12(13)14(18)7-10-16-8-5-11(17)6-9-16/h1-4,11,17H,5-10H2. The molecule has 1 saturated heterocycles. The molecule has 18 heavy (non-hydrogen) atoms. The molecule has 1 N–H and O–H groups in total. The number of carbonyl (C=O) groups excluding carboxylic acids is 1. The molecule has 98 valence electrons. The van der Waals surface area contributed by atoms with Crippen molar-refractivity contribution in [3.63, 3.8) is 0 Å². The highest BCUT2D eigenvalue weighted by atomic mass is 35.5. The van der Waals surface area contributed by atoms with Crippen molar-refractivity contribution in [1.29, 1.82) is 0 Å². The molecule has 1 heterocycles. The van der Waals surface area contributed by atoms with Gasteiger partial charge in [0, 0.05) is 31.6 Å². The summed E-state index contributed by atoms with van der Waals surface area (Å²) in [6.07, 6.45) is 1.93. The van der Waals surface area contributed by atoms with Crippen LogP contribution in [0.3, 0.4) is 0 Å². The Morgan fingerprint density at radius 1 is 1.33 bits per heavy atom. The Morgan fingerprint density at radius 2 is 2.00 bits per heavy atom. The maximum absolute atomic E-state index is 12.0. The summed E-state index contributed by atoms with van der Waals surface area (Å²) >= 11 is 5.99. The van der Waals surface area contributed by atoms with Gasteiger partial charge in [-0.3, -0.25) is 4.79 Å². The van der Waals surface area contributed by atoms with Gasteiger partial charge in [0.15, 0.2) is 5.78 Å². The fourth-order valence-electron chi connectivity index (χ4n) is 2.22. The first kappa shape index (κ1) is 13.5. The molecule has 0 atom stereocenters. The van der Waals surface area contributed by atoms with Gasteiger partial charge in [-0.2, -0.15) is 0 Å². The van der Waals surface area contributed by atoms with E-state index < -0.39 is 0 Å². The summed E-state index contributed by atoms with van der Waals surface area (Å²) in [7, 11) is 0. The summed E-state index contributed by atoms with van der Waals surface area (Å²) in [6.45, 7) is 2.49. The minimum Gasteiger partial charge on any atom is -0.393 e. The number of benzene rings is 1. The van der Waals surface area contributed by atoms with Gasteiger partial charge in [-0.1, -0.05) is 23.7 Å². The first-order valence-electron chi connectivity index (χ1n) is 6.35. The van der Waals surface area contributed by atoms with Gasteiger partial charge in [-0.25, -0.2) is 0 Å². The molecule has 0 radical (unpaired) electrons. The number of halogens is 1. The van der Waals surface area contributed by atoms with Crippen LogP contribution in [0, 0.1) is 0 Å². The lowest BCUT2D eigenvalue weighted by Gasteiger charge is -2.29. The zero-order valence-electron chi connectivity index (χ0n) is 10.3. The molecule has 1 aromatic rings. The molecule has 0 aromatic heterocycles. The number of hydrogen-bond donors (Lipinski definition) is 1. The van der Waals surface area contributed by atoms with Crippen LogP contribution in [0.5, 0.6) is 0 Å². The number of piperidine rings is 1. The molecular formula is C14H18ClNO2. The molecular weight excluding hydrogens is 250 g/mol. The Morgan fingerprint density at radius 3 is 2.67 bits per heavy atom. The summed E-state index contributed by atoms with van der Waals surface area (Å²) in [5.74, 6) is 0.0896. The number of hydrogen-bond acceptors (Lipinski definition) is 3. The van der Waals surface area contributed by atoms with E-state index in [0.29, 0.717) is 17.0 Å². The van der Waals surface area contributed by atoms with Crippen molar-refractivity contribution >= 4 is 17.4 Å². The number of Topliss-reactive ketones (excluding diaryl/α,β-unsaturated/α-hetero) is 1. The van der Waals surface area contributed by atoms with Crippen molar-refractivity contribution in [3.8, 4) is 0 Å². The SMILES string of the molecule is O=C(CCN1CCC(O)CC1)c1ccccc1Cl. The molecule has 0 saturated carbocycles. The van der Waals surface area contributed by atoms with Crippen LogP contribution in [0.15, 0.2) is 24.3 Å². The fraction of sp³-hybridized carbons (Fsp3) is 0.500. The summed E-state index contributed by atoms with van der Waals surface area (Å²) in [6, 6.07) is 7.16. The molecule has 1 fully saturated rings. The molecule has 3 nitrogen and oxygen atoms in total. The van der Waals surface area contributed by atoms with E-state index in [1.165, 1.54) is 0 Å². The van der Waals surface area contributed by atoms with Crippen LogP contribution >= 0.6 is 11.6 Å². The molecule has 1 aliphatic rings. The third kappa shape index (κ3) is 3.55. The Balaban J connectivity index is 1.84. The second kappa shape index (κ2) is 6.32. The summed E-state index contributed by atoms with van der Waals surface area (Å²) < 4.78 is 0. The number of aliphatic hydroxyl groups excluding tert-OH is 1. The maximum atomic E-state index is 12.0. The quantitative estimate of drug-likeness (QED) is 0.852. The maximum Gasteiger partial charge on any atom is 0.165 e. The zero-order chi connectivity index (χ0) is 13.0. The lowest BCUT2D eigenvalue weighted by Crippen LogP contribution is -2.37. The molecule has 4 heteroatoms. The van der Waals surface area contributed by atoms with Crippen LogP contribution in [0.2, 0.25) is 5.02 Å². The monoisotopic (exact) mass is 267 g/mol. The Bertz CT molecular complexity index is 414. The van der Waals surface area contributed by atoms with E-state index in [-0.39, 0.29) is 11.9 Å². The third-order valence-electron chi connectivity index (χ3n) is 3.39. The summed E-state index contributed by atoms with van der Waals surface area (Å²) in [5.41, 5.74) is 0.608. The fourth-order valence-corrected chi connectivity index (χ4v) is 2.47. The highest BCUT2D eigenvalue weighted by molar-refractivity contribution is 6.33. The Labute approximate surface area is 112 Å². The van der Waals surface area contributed by atoms with Gasteiger partial charge < -0.3 is 10.0 Å². The highest BCUT2D eigenvalue weighted by Gasteiger charge is 2.18. The Hall–Kier alpha value is -0.900. The average molecular weight is 268 g/mol. The number of likely N-dealkylation sites (tertiary alicyclic amines) is 1. The van der Waals surface area contributed by atoms with Crippen molar-refractivity contribution in [2.24, 2.45) is 0 Å². The number of ketones is 1. The lowest BCUT2D eigenvalue weighted by molar-refractivity contribution is 0.0778. The van der Waals surface area contributed by atoms with Gasteiger partial charge in [0.05, 0.1) is 11.1 Å². The van der Waals surface area contributed by atoms with E-state index in [2.05, 4.69) is 4.90 Å². The number of rotatable bonds is 4. The topological polar surface area (TPSA) is 40.5 Å². The van der Waals surface area contributed by atoms with E-state index in [1.54, 1.807) is 12.1 Å². The minimum absolute atomic E-state index is 0.0896. The molecule has 0 spiro atoms. The van der Waals surface area contributed by atoms with Crippen LogP contribution in [0.25, 0.3) is 0 Å². The number of carbonyl (C=O) groups is 1. The van der Waals surface area contributed by atoms with Crippen LogP contribution < -0.4 is 0 Å². The van der Waals surface area contributed by atoms with Crippen LogP contribution in [-0.2, 0) is 0 Å². The number of aliphatic hydroxyl groups is 1. The Kier molecular flexibility index (Phi) is 4.75. The second-order valence-corrected chi connectivity index (χ2v) is 5.13. The molecule has 0 bridgehead atoms. The average Bonchev–Trinajstić information content (AvgIpc) is 2.38. The molecule has 0 aliphatic carbocycles. The van der Waals surface area contributed by atoms with Crippen molar-refractivity contribution in [3.05, 3.63) is 34.9 Å². The minimum atomic E-state index is -0.166. The molecule has 0 amide bonds. The van der Waals surface area contributed by atoms with Gasteiger partial charge in [-0.15, -0.1) is 0 Å². The van der Waals surface area contributed by atoms with Gasteiger partial charge in [-0.05, 0) is 25.0 Å². The zero-order valence-corrected chi connectivity index (χ0v) is 11.1. The van der Waals surface area contributed by atoms with Gasteiger partial charge in [0.25, 0.3) is 0 Å². The van der Waals surface area contributed by atoms with Crippen molar-refractivity contribution < 1.29 is 9.90 Å². The van der Waals surface area contributed by atoms with Crippen molar-refractivity contribution in [2.75, 3.05) is 19.6 Å². The van der Waals surface area contributed by atoms with Gasteiger partial charge in [0.2, 0.25) is 0 Å². The van der Waals surface area contributed by atoms with Crippen LogP contribution in [-0.4, -0.2) is 41.5 Å². The largest absolute Gasteiger partial charge is 0.393 e. The predicted molar refractivity (Wildman–Crippen MR) is 72.1 cm³/mol. The third-order valence-corrected chi connectivity index (χ3v) is 3.72. The molecule has 0 unspecified atom stereocenters. The normalized spacial score (nSPS) is 17.9. The smallest absolute Gasteiger partial charge is 0.165 e. The van der Waals surface area contributed by atoms with E-state index in [4.69, 9.17) is 11.6 Å². The summed E-state index contributed by atoms with van der Waals surface area (Å²) in [4.78, 5) is 14.2. The van der Waals surface area contributed by atoms with Crippen LogP contribution in [0.1, 0.15) is 29.6 Å². The molecule has 1 aliphatic heterocycles. The molecule has 2 rings (SSSR count). The van der Waals surface area contributed by atoms with E-state index >= 15 is 0 Å². The van der Waals surface area contributed by atoms with E-state index in [9.17, 15) is 9.90 Å². The predicted octanol–water partition coefficient (Wildman–Crippen LogP) is 2.37. The second-order valence-electron chi connectivity index (χ2n) is 4.73. The van der Waals surface area contributed by atoms with E-state index in [1.807, 2.05) is 12.1 Å². The van der Waals surface area contributed by atoms with Crippen molar-refractivity contribution in [1.82, 2.24) is 4.90 Å². The summed E-state index contributed by atoms with van der Waals surface area (Å²) in [5, 5.41) is 9.93. The van der Waals surface area contributed by atoms with Gasteiger partial charge >= 0.3 is 0 Å².